The second-order valence-electron chi connectivity index (χ2n) is 5.83. The van der Waals surface area contributed by atoms with Gasteiger partial charge in [0.2, 0.25) is 11.8 Å². The summed E-state index contributed by atoms with van der Waals surface area (Å²) in [4.78, 5) is 38.9. The van der Waals surface area contributed by atoms with E-state index in [0.29, 0.717) is 24.6 Å². The van der Waals surface area contributed by atoms with Crippen LogP contribution >= 0.6 is 11.8 Å². The Bertz CT molecular complexity index is 618. The van der Waals surface area contributed by atoms with E-state index in [9.17, 15) is 14.4 Å². The van der Waals surface area contributed by atoms with Crippen molar-refractivity contribution in [3.05, 3.63) is 35.4 Å². The van der Waals surface area contributed by atoms with Crippen LogP contribution in [0.25, 0.3) is 0 Å². The number of thioether (sulfide) groups is 1. The van der Waals surface area contributed by atoms with Crippen LogP contribution in [0, 0.1) is 0 Å². The zero-order chi connectivity index (χ0) is 17.7. The lowest BCUT2D eigenvalue weighted by Crippen LogP contribution is -2.47. The molecule has 0 aromatic heterocycles. The fraction of sp³-hybridized carbons (Fsp3) is 0.471. The minimum Gasteiger partial charge on any atom is -0.478 e. The van der Waals surface area contributed by atoms with E-state index in [1.807, 2.05) is 6.92 Å². The number of rotatable bonds is 6. The Kier molecular flexibility index (Phi) is 6.25. The number of carbonyl (C=O) groups excluding carboxylic acids is 2. The summed E-state index contributed by atoms with van der Waals surface area (Å²) in [6, 6.07) is 6.06. The summed E-state index contributed by atoms with van der Waals surface area (Å²) >= 11 is 1.59. The lowest BCUT2D eigenvalue weighted by atomic mass is 10.1. The highest BCUT2D eigenvalue weighted by atomic mass is 32.2. The first-order valence-electron chi connectivity index (χ1n) is 7.88. The minimum atomic E-state index is -0.973. The average Bonchev–Trinajstić information content (AvgIpc) is 3.04. The molecule has 1 aliphatic heterocycles. The molecule has 0 radical (unpaired) electrons. The summed E-state index contributed by atoms with van der Waals surface area (Å²) in [5, 5.41) is 8.91. The molecule has 1 saturated heterocycles. The predicted octanol–water partition coefficient (Wildman–Crippen LogP) is 2.04. The maximum absolute atomic E-state index is 12.7. The largest absolute Gasteiger partial charge is 0.478 e. The van der Waals surface area contributed by atoms with Gasteiger partial charge >= 0.3 is 5.97 Å². The van der Waals surface area contributed by atoms with Crippen molar-refractivity contribution in [1.82, 2.24) is 9.80 Å². The number of benzene rings is 1. The van der Waals surface area contributed by atoms with Crippen molar-refractivity contribution in [2.24, 2.45) is 0 Å². The lowest BCUT2D eigenvalue weighted by Gasteiger charge is -2.27. The van der Waals surface area contributed by atoms with Gasteiger partial charge in [0.05, 0.1) is 11.4 Å². The van der Waals surface area contributed by atoms with E-state index in [1.165, 1.54) is 12.1 Å². The van der Waals surface area contributed by atoms with Gasteiger partial charge in [-0.1, -0.05) is 19.1 Å². The van der Waals surface area contributed by atoms with E-state index < -0.39 is 12.0 Å². The Hall–Kier alpha value is -2.02. The van der Waals surface area contributed by atoms with Gasteiger partial charge in [0.25, 0.3) is 0 Å². The summed E-state index contributed by atoms with van der Waals surface area (Å²) in [5.41, 5.74) is 1.07. The first kappa shape index (κ1) is 18.3. The number of hydrogen-bond acceptors (Lipinski definition) is 4. The van der Waals surface area contributed by atoms with Gasteiger partial charge in [-0.25, -0.2) is 4.79 Å². The monoisotopic (exact) mass is 350 g/mol. The zero-order valence-corrected chi connectivity index (χ0v) is 14.7. The van der Waals surface area contributed by atoms with Gasteiger partial charge in [-0.3, -0.25) is 9.59 Å². The summed E-state index contributed by atoms with van der Waals surface area (Å²) < 4.78 is 0. The quantitative estimate of drug-likeness (QED) is 0.849. The third-order valence-electron chi connectivity index (χ3n) is 3.95. The molecule has 7 heteroatoms. The molecule has 6 nitrogen and oxygen atoms in total. The highest BCUT2D eigenvalue weighted by Gasteiger charge is 2.35. The number of aromatic carboxylic acids is 1. The number of carbonyl (C=O) groups is 3. The van der Waals surface area contributed by atoms with Gasteiger partial charge in [0.1, 0.15) is 6.04 Å². The van der Waals surface area contributed by atoms with E-state index in [0.717, 1.165) is 12.0 Å². The first-order chi connectivity index (χ1) is 11.4. The Labute approximate surface area is 145 Å². The van der Waals surface area contributed by atoms with Crippen molar-refractivity contribution < 1.29 is 19.5 Å². The highest BCUT2D eigenvalue weighted by Crippen LogP contribution is 2.24. The smallest absolute Gasteiger partial charge is 0.335 e. The molecule has 0 aliphatic carbocycles. The molecule has 24 heavy (non-hydrogen) atoms. The van der Waals surface area contributed by atoms with Crippen LogP contribution in [0.4, 0.5) is 0 Å². The van der Waals surface area contributed by atoms with Crippen molar-refractivity contribution in [2.75, 3.05) is 18.7 Å². The second kappa shape index (κ2) is 8.19. The molecule has 1 fully saturated rings. The summed E-state index contributed by atoms with van der Waals surface area (Å²) in [7, 11) is 1.71. The molecule has 1 aliphatic rings. The number of hydrogen-bond donors (Lipinski definition) is 1. The molecular formula is C17H22N2O4S. The molecule has 1 aromatic rings. The van der Waals surface area contributed by atoms with Crippen LogP contribution in [0.1, 0.15) is 35.7 Å². The van der Waals surface area contributed by atoms with Gasteiger partial charge < -0.3 is 14.9 Å². The van der Waals surface area contributed by atoms with E-state index in [2.05, 4.69) is 0 Å². The molecular weight excluding hydrogens is 328 g/mol. The van der Waals surface area contributed by atoms with Gasteiger partial charge in [-0.05, 0) is 24.1 Å². The van der Waals surface area contributed by atoms with Crippen LogP contribution in [0.3, 0.4) is 0 Å². The second-order valence-corrected chi connectivity index (χ2v) is 6.83. The van der Waals surface area contributed by atoms with Crippen molar-refractivity contribution in [1.29, 1.82) is 0 Å². The topological polar surface area (TPSA) is 77.9 Å². The van der Waals surface area contributed by atoms with Gasteiger partial charge in [0.15, 0.2) is 0 Å². The molecule has 1 unspecified atom stereocenters. The van der Waals surface area contributed by atoms with E-state index in [1.54, 1.807) is 40.7 Å². The average molecular weight is 350 g/mol. The number of carboxylic acids is 1. The number of nitrogens with zero attached hydrogens (tertiary/aromatic N) is 2. The van der Waals surface area contributed by atoms with Crippen LogP contribution < -0.4 is 0 Å². The number of carboxylic acid groups (broad SMARTS) is 1. The standard InChI is InChI=1S/C17H22N2O4S/c1-3-4-15(20)19-11-24-10-14(19)16(21)18(2)9-12-5-7-13(8-6-12)17(22)23/h5-8,14H,3-4,9-11H2,1-2H3,(H,22,23). The van der Waals surface area contributed by atoms with Crippen LogP contribution in [0.15, 0.2) is 24.3 Å². The summed E-state index contributed by atoms with van der Waals surface area (Å²) in [5.74, 6) is 0.165. The third kappa shape index (κ3) is 4.29. The van der Waals surface area contributed by atoms with E-state index >= 15 is 0 Å². The Morgan fingerprint density at radius 1 is 1.29 bits per heavy atom. The van der Waals surface area contributed by atoms with Crippen molar-refractivity contribution in [2.45, 2.75) is 32.4 Å². The van der Waals surface area contributed by atoms with Crippen LogP contribution in [-0.2, 0) is 16.1 Å². The lowest BCUT2D eigenvalue weighted by molar-refractivity contribution is -0.142. The van der Waals surface area contributed by atoms with Crippen LogP contribution in [0.5, 0.6) is 0 Å². The van der Waals surface area contributed by atoms with Gasteiger partial charge in [-0.15, -0.1) is 11.8 Å². The van der Waals surface area contributed by atoms with Gasteiger partial charge in [-0.2, -0.15) is 0 Å². The number of likely N-dealkylation sites (N-methyl/N-ethyl adjacent to an activating group) is 1. The molecule has 1 heterocycles. The Balaban J connectivity index is 2.00. The summed E-state index contributed by atoms with van der Waals surface area (Å²) in [6.07, 6.45) is 1.23. The first-order valence-corrected chi connectivity index (χ1v) is 9.04. The summed E-state index contributed by atoms with van der Waals surface area (Å²) in [6.45, 7) is 2.33. The highest BCUT2D eigenvalue weighted by molar-refractivity contribution is 7.99. The maximum atomic E-state index is 12.7. The van der Waals surface area contributed by atoms with Crippen LogP contribution in [0.2, 0.25) is 0 Å². The SMILES string of the molecule is CCCC(=O)N1CSCC1C(=O)N(C)Cc1ccc(C(=O)O)cc1. The molecule has 1 atom stereocenters. The Morgan fingerprint density at radius 3 is 2.54 bits per heavy atom. The van der Waals surface area contributed by atoms with E-state index in [-0.39, 0.29) is 17.4 Å². The molecule has 0 saturated carbocycles. The third-order valence-corrected chi connectivity index (χ3v) is 4.96. The molecule has 0 spiro atoms. The maximum Gasteiger partial charge on any atom is 0.335 e. The molecule has 0 bridgehead atoms. The van der Waals surface area contributed by atoms with Crippen molar-refractivity contribution in [3.63, 3.8) is 0 Å². The fourth-order valence-corrected chi connectivity index (χ4v) is 3.78. The van der Waals surface area contributed by atoms with Gasteiger partial charge in [0, 0.05) is 25.8 Å². The normalized spacial score (nSPS) is 16.9. The molecule has 2 amide bonds. The van der Waals surface area contributed by atoms with Crippen molar-refractivity contribution >= 4 is 29.5 Å². The molecule has 1 aromatic carbocycles. The minimum absolute atomic E-state index is 0.0278. The van der Waals surface area contributed by atoms with E-state index in [4.69, 9.17) is 5.11 Å². The van der Waals surface area contributed by atoms with Crippen molar-refractivity contribution in [3.8, 4) is 0 Å². The number of amides is 2. The molecule has 2 rings (SSSR count). The molecule has 1 N–H and O–H groups in total. The fourth-order valence-electron chi connectivity index (χ4n) is 2.61. The Morgan fingerprint density at radius 2 is 1.96 bits per heavy atom. The predicted molar refractivity (Wildman–Crippen MR) is 92.7 cm³/mol. The van der Waals surface area contributed by atoms with Crippen LogP contribution in [-0.4, -0.2) is 57.4 Å². The zero-order valence-electron chi connectivity index (χ0n) is 13.9. The molecule has 130 valence electrons.